The number of rotatable bonds is 9. The first-order chi connectivity index (χ1) is 13.9. The standard InChI is InChI=1S/C20H34N6O3/c1-13(27)6-3-4-9-26-18(28)16-17(25(2)20(26)29)24-19(23-16)22-12-15-8-5-7-14(10-15)11-21/h13-15,27H,3-12,21H2,1-2H3,(H2,22,23,24)/t13-,14?,15?/m1/s1. The number of nitrogens with two attached hydrogens (primary N) is 1. The van der Waals surface area contributed by atoms with Crippen LogP contribution in [-0.2, 0) is 13.6 Å². The first-order valence-corrected chi connectivity index (χ1v) is 10.7. The van der Waals surface area contributed by atoms with Crippen LogP contribution in [0.25, 0.3) is 11.2 Å². The second-order valence-corrected chi connectivity index (χ2v) is 8.44. The molecule has 162 valence electrons. The van der Waals surface area contributed by atoms with E-state index in [-0.39, 0.29) is 17.4 Å². The van der Waals surface area contributed by atoms with Crippen molar-refractivity contribution in [2.45, 2.75) is 64.5 Å². The summed E-state index contributed by atoms with van der Waals surface area (Å²) in [5.74, 6) is 1.65. The molecule has 1 aliphatic carbocycles. The van der Waals surface area contributed by atoms with Crippen LogP contribution in [0.5, 0.6) is 0 Å². The molecule has 2 aromatic rings. The van der Waals surface area contributed by atoms with E-state index in [1.54, 1.807) is 14.0 Å². The van der Waals surface area contributed by atoms with Gasteiger partial charge in [-0.15, -0.1) is 0 Å². The van der Waals surface area contributed by atoms with E-state index < -0.39 is 0 Å². The van der Waals surface area contributed by atoms with Crippen LogP contribution in [0.2, 0.25) is 0 Å². The molecule has 3 atom stereocenters. The first-order valence-electron chi connectivity index (χ1n) is 10.7. The Morgan fingerprint density at radius 3 is 2.79 bits per heavy atom. The lowest BCUT2D eigenvalue weighted by Crippen LogP contribution is -2.39. The lowest BCUT2D eigenvalue weighted by atomic mass is 9.81. The number of aliphatic hydroxyl groups is 1. The van der Waals surface area contributed by atoms with Crippen molar-refractivity contribution in [1.82, 2.24) is 19.1 Å². The fraction of sp³-hybridized carbons (Fsp3) is 0.750. The minimum Gasteiger partial charge on any atom is -0.393 e. The number of aryl methyl sites for hydroxylation is 1. The van der Waals surface area contributed by atoms with E-state index in [2.05, 4.69) is 15.3 Å². The van der Waals surface area contributed by atoms with Gasteiger partial charge in [-0.2, -0.15) is 4.98 Å². The van der Waals surface area contributed by atoms with Crippen molar-refractivity contribution in [1.29, 1.82) is 0 Å². The monoisotopic (exact) mass is 406 g/mol. The number of aromatic amines is 1. The van der Waals surface area contributed by atoms with Gasteiger partial charge in [-0.05, 0) is 63.8 Å². The second-order valence-electron chi connectivity index (χ2n) is 8.44. The number of aromatic nitrogens is 4. The molecule has 9 heteroatoms. The number of hydrogen-bond donors (Lipinski definition) is 4. The van der Waals surface area contributed by atoms with Crippen LogP contribution < -0.4 is 22.3 Å². The zero-order valence-electron chi connectivity index (χ0n) is 17.5. The van der Waals surface area contributed by atoms with Gasteiger partial charge >= 0.3 is 5.69 Å². The number of aliphatic hydroxyl groups excluding tert-OH is 1. The molecule has 0 amide bonds. The summed E-state index contributed by atoms with van der Waals surface area (Å²) >= 11 is 0. The third-order valence-electron chi connectivity index (χ3n) is 6.02. The molecule has 9 nitrogen and oxygen atoms in total. The Hall–Kier alpha value is -2.13. The smallest absolute Gasteiger partial charge is 0.332 e. The summed E-state index contributed by atoms with van der Waals surface area (Å²) in [4.78, 5) is 32.9. The fourth-order valence-corrected chi connectivity index (χ4v) is 4.28. The molecule has 1 saturated carbocycles. The van der Waals surface area contributed by atoms with Gasteiger partial charge in [0, 0.05) is 20.1 Å². The highest BCUT2D eigenvalue weighted by Gasteiger charge is 2.21. The van der Waals surface area contributed by atoms with Crippen molar-refractivity contribution in [2.75, 3.05) is 18.4 Å². The molecule has 1 fully saturated rings. The lowest BCUT2D eigenvalue weighted by molar-refractivity contribution is 0.180. The van der Waals surface area contributed by atoms with Crippen molar-refractivity contribution in [3.05, 3.63) is 20.8 Å². The number of fused-ring (bicyclic) bond motifs is 1. The highest BCUT2D eigenvalue weighted by Crippen LogP contribution is 2.28. The van der Waals surface area contributed by atoms with Crippen LogP contribution in [0.15, 0.2) is 9.59 Å². The molecule has 0 saturated heterocycles. The first kappa shape index (κ1) is 21.6. The quantitative estimate of drug-likeness (QED) is 0.462. The Bertz CT molecular complexity index is 929. The molecule has 0 aromatic carbocycles. The number of imidazole rings is 1. The molecule has 0 radical (unpaired) electrons. The Labute approximate surface area is 170 Å². The number of anilines is 1. The van der Waals surface area contributed by atoms with Gasteiger partial charge < -0.3 is 21.1 Å². The molecule has 2 aromatic heterocycles. The molecule has 2 unspecified atom stereocenters. The van der Waals surface area contributed by atoms with Crippen LogP contribution in [0.3, 0.4) is 0 Å². The molecular formula is C20H34N6O3. The average molecular weight is 407 g/mol. The Kier molecular flexibility index (Phi) is 7.13. The van der Waals surface area contributed by atoms with E-state index in [0.717, 1.165) is 25.9 Å². The molecule has 0 aliphatic heterocycles. The Balaban J connectivity index is 1.73. The summed E-state index contributed by atoms with van der Waals surface area (Å²) in [6, 6.07) is 0. The van der Waals surface area contributed by atoms with E-state index >= 15 is 0 Å². The van der Waals surface area contributed by atoms with Gasteiger partial charge in [-0.3, -0.25) is 13.9 Å². The second kappa shape index (κ2) is 9.58. The number of nitrogens with one attached hydrogen (secondary N) is 2. The summed E-state index contributed by atoms with van der Waals surface area (Å²) < 4.78 is 2.66. The molecule has 2 heterocycles. The van der Waals surface area contributed by atoms with Gasteiger partial charge in [0.15, 0.2) is 11.2 Å². The molecule has 0 spiro atoms. The summed E-state index contributed by atoms with van der Waals surface area (Å²) in [7, 11) is 1.63. The van der Waals surface area contributed by atoms with Crippen molar-refractivity contribution in [2.24, 2.45) is 24.6 Å². The van der Waals surface area contributed by atoms with Crippen molar-refractivity contribution < 1.29 is 5.11 Å². The van der Waals surface area contributed by atoms with Gasteiger partial charge in [-0.1, -0.05) is 6.42 Å². The normalized spacial score (nSPS) is 20.8. The predicted octanol–water partition coefficient (Wildman–Crippen LogP) is 1.15. The highest BCUT2D eigenvalue weighted by atomic mass is 16.3. The van der Waals surface area contributed by atoms with E-state index in [1.807, 2.05) is 0 Å². The predicted molar refractivity (Wildman–Crippen MR) is 114 cm³/mol. The maximum Gasteiger partial charge on any atom is 0.332 e. The number of unbranched alkanes of at least 4 members (excludes halogenated alkanes) is 1. The van der Waals surface area contributed by atoms with Crippen LogP contribution >= 0.6 is 0 Å². The van der Waals surface area contributed by atoms with Crippen molar-refractivity contribution in [3.8, 4) is 0 Å². The van der Waals surface area contributed by atoms with Gasteiger partial charge in [0.25, 0.3) is 5.56 Å². The van der Waals surface area contributed by atoms with Crippen LogP contribution in [0.4, 0.5) is 5.95 Å². The molecule has 3 rings (SSSR count). The molecular weight excluding hydrogens is 372 g/mol. The lowest BCUT2D eigenvalue weighted by Gasteiger charge is -2.28. The van der Waals surface area contributed by atoms with Gasteiger partial charge in [0.2, 0.25) is 5.95 Å². The average Bonchev–Trinajstić information content (AvgIpc) is 3.15. The maximum atomic E-state index is 12.8. The topological polar surface area (TPSA) is 131 Å². The summed E-state index contributed by atoms with van der Waals surface area (Å²) in [6.07, 6.45) is 6.38. The van der Waals surface area contributed by atoms with Crippen LogP contribution in [-0.4, -0.2) is 43.4 Å². The minimum absolute atomic E-state index is 0.332. The SMILES string of the molecule is C[C@@H](O)CCCCn1c(=O)c2[nH]c(NCC3CCCC(CN)C3)nc2n(C)c1=O. The zero-order chi connectivity index (χ0) is 21.0. The number of H-pyrrole nitrogens is 1. The number of nitrogens with zero attached hydrogens (tertiary/aromatic N) is 3. The summed E-state index contributed by atoms with van der Waals surface area (Å²) in [5.41, 5.74) is 5.82. The van der Waals surface area contributed by atoms with Crippen molar-refractivity contribution >= 4 is 17.1 Å². The summed E-state index contributed by atoms with van der Waals surface area (Å²) in [5, 5.41) is 12.7. The van der Waals surface area contributed by atoms with E-state index in [0.29, 0.717) is 48.3 Å². The molecule has 1 aliphatic rings. The van der Waals surface area contributed by atoms with Crippen LogP contribution in [0.1, 0.15) is 51.9 Å². The third kappa shape index (κ3) is 5.08. The van der Waals surface area contributed by atoms with E-state index in [9.17, 15) is 14.7 Å². The molecule has 29 heavy (non-hydrogen) atoms. The van der Waals surface area contributed by atoms with Gasteiger partial charge in [0.1, 0.15) is 0 Å². The van der Waals surface area contributed by atoms with Gasteiger partial charge in [0.05, 0.1) is 6.10 Å². The highest BCUT2D eigenvalue weighted by molar-refractivity contribution is 5.72. The largest absolute Gasteiger partial charge is 0.393 e. The Morgan fingerprint density at radius 1 is 1.31 bits per heavy atom. The minimum atomic E-state index is -0.373. The fourth-order valence-electron chi connectivity index (χ4n) is 4.28. The molecule has 0 bridgehead atoms. The summed E-state index contributed by atoms with van der Waals surface area (Å²) in [6.45, 7) is 3.58. The zero-order valence-corrected chi connectivity index (χ0v) is 17.5. The molecule has 5 N–H and O–H groups in total. The maximum absolute atomic E-state index is 12.8. The van der Waals surface area contributed by atoms with E-state index in [1.165, 1.54) is 28.4 Å². The Morgan fingerprint density at radius 2 is 2.07 bits per heavy atom. The van der Waals surface area contributed by atoms with Gasteiger partial charge in [-0.25, -0.2) is 4.79 Å². The van der Waals surface area contributed by atoms with Crippen LogP contribution in [0, 0.1) is 11.8 Å². The van der Waals surface area contributed by atoms with E-state index in [4.69, 9.17) is 5.73 Å². The third-order valence-corrected chi connectivity index (χ3v) is 6.02. The van der Waals surface area contributed by atoms with Crippen molar-refractivity contribution in [3.63, 3.8) is 0 Å². The number of hydrogen-bond acceptors (Lipinski definition) is 6.